The van der Waals surface area contributed by atoms with Gasteiger partial charge in [0.1, 0.15) is 18.5 Å². The fourth-order valence-corrected chi connectivity index (χ4v) is 4.15. The van der Waals surface area contributed by atoms with E-state index in [1.54, 1.807) is 6.07 Å². The molecular formula is C20H17F3N4O2. The Kier molecular flexibility index (Phi) is 3.91. The predicted octanol–water partition coefficient (Wildman–Crippen LogP) is 2.71. The number of carbonyl (C=O) groups excluding carboxylic acids is 2. The number of halogens is 3. The fourth-order valence-electron chi connectivity index (χ4n) is 4.15. The molecule has 2 aromatic rings. The summed E-state index contributed by atoms with van der Waals surface area (Å²) in [5.74, 6) is -2.56. The summed E-state index contributed by atoms with van der Waals surface area (Å²) < 4.78 is 41.5. The second-order valence-corrected chi connectivity index (χ2v) is 7.96. The highest BCUT2D eigenvalue weighted by molar-refractivity contribution is 6.01. The lowest BCUT2D eigenvalue weighted by atomic mass is 9.84. The van der Waals surface area contributed by atoms with E-state index in [2.05, 4.69) is 15.3 Å². The molecule has 3 aliphatic rings. The van der Waals surface area contributed by atoms with Crippen LogP contribution in [0.4, 0.5) is 19.1 Å². The van der Waals surface area contributed by atoms with Gasteiger partial charge in [-0.3, -0.25) is 14.9 Å². The van der Waals surface area contributed by atoms with Gasteiger partial charge >= 0.3 is 0 Å². The standard InChI is InChI=1S/C20H17F3N4O2/c21-10-6-24-19(25-7-10)26-15(28)8-27-9-20(3-4-20)16-12(18(27)29)2-1-11(17(16)23)13-5-14(13)22/h1-2,6-7,13-14H,3-5,8-9H2,(H,24,25,26,28)/t13-,14+/m0/s1. The van der Waals surface area contributed by atoms with E-state index in [0.717, 1.165) is 12.4 Å². The van der Waals surface area contributed by atoms with Crippen LogP contribution in [0.1, 0.15) is 46.7 Å². The molecule has 1 aliphatic heterocycles. The molecule has 2 heterocycles. The number of benzene rings is 1. The average Bonchev–Trinajstić information content (AvgIpc) is 3.60. The van der Waals surface area contributed by atoms with E-state index in [-0.39, 0.29) is 24.6 Å². The van der Waals surface area contributed by atoms with Crippen LogP contribution in [-0.4, -0.2) is 45.9 Å². The highest BCUT2D eigenvalue weighted by Crippen LogP contribution is 2.55. The number of carbonyl (C=O) groups is 2. The monoisotopic (exact) mass is 402 g/mol. The molecule has 0 radical (unpaired) electrons. The minimum Gasteiger partial charge on any atom is -0.328 e. The Labute approximate surface area is 164 Å². The SMILES string of the molecule is O=C(CN1CC2(CC2)c2c(ccc([C@@H]3C[C@H]3F)c2F)C1=O)Nc1ncc(F)cn1. The maximum Gasteiger partial charge on any atom is 0.254 e. The Morgan fingerprint density at radius 3 is 2.55 bits per heavy atom. The topological polar surface area (TPSA) is 75.2 Å². The summed E-state index contributed by atoms with van der Waals surface area (Å²) >= 11 is 0. The first-order valence-electron chi connectivity index (χ1n) is 9.41. The van der Waals surface area contributed by atoms with Crippen molar-refractivity contribution in [3.63, 3.8) is 0 Å². The zero-order chi connectivity index (χ0) is 20.3. The quantitative estimate of drug-likeness (QED) is 0.853. The maximum absolute atomic E-state index is 15.2. The lowest BCUT2D eigenvalue weighted by Gasteiger charge is -2.35. The van der Waals surface area contributed by atoms with E-state index in [1.807, 2.05) is 0 Å². The number of aromatic nitrogens is 2. The summed E-state index contributed by atoms with van der Waals surface area (Å²) in [7, 11) is 0. The van der Waals surface area contributed by atoms with Crippen molar-refractivity contribution >= 4 is 17.8 Å². The molecule has 2 fully saturated rings. The van der Waals surface area contributed by atoms with Crippen LogP contribution >= 0.6 is 0 Å². The summed E-state index contributed by atoms with van der Waals surface area (Å²) in [5, 5.41) is 2.42. The first-order valence-corrected chi connectivity index (χ1v) is 9.41. The molecule has 2 amide bonds. The first kappa shape index (κ1) is 18.1. The van der Waals surface area contributed by atoms with Crippen LogP contribution in [0, 0.1) is 11.6 Å². The molecule has 150 valence electrons. The van der Waals surface area contributed by atoms with Crippen molar-refractivity contribution in [1.82, 2.24) is 14.9 Å². The van der Waals surface area contributed by atoms with E-state index in [1.165, 1.54) is 11.0 Å². The molecule has 0 unspecified atom stereocenters. The summed E-state index contributed by atoms with van der Waals surface area (Å²) in [6.45, 7) is -0.0278. The zero-order valence-corrected chi connectivity index (χ0v) is 15.3. The van der Waals surface area contributed by atoms with Gasteiger partial charge in [0.25, 0.3) is 5.91 Å². The van der Waals surface area contributed by atoms with E-state index < -0.39 is 41.0 Å². The third kappa shape index (κ3) is 3.04. The van der Waals surface area contributed by atoms with Crippen molar-refractivity contribution in [2.45, 2.75) is 36.8 Å². The number of amides is 2. The number of anilines is 1. The number of rotatable bonds is 4. The number of hydrogen-bond donors (Lipinski definition) is 1. The molecule has 1 aromatic carbocycles. The third-order valence-corrected chi connectivity index (χ3v) is 5.88. The van der Waals surface area contributed by atoms with Crippen molar-refractivity contribution in [2.75, 3.05) is 18.4 Å². The van der Waals surface area contributed by atoms with Crippen LogP contribution in [0.25, 0.3) is 0 Å². The Hall–Kier alpha value is -2.97. The smallest absolute Gasteiger partial charge is 0.254 e. The molecular weight excluding hydrogens is 385 g/mol. The highest BCUT2D eigenvalue weighted by atomic mass is 19.1. The average molecular weight is 402 g/mol. The van der Waals surface area contributed by atoms with Crippen LogP contribution in [0.5, 0.6) is 0 Å². The lowest BCUT2D eigenvalue weighted by Crippen LogP contribution is -2.47. The second-order valence-electron chi connectivity index (χ2n) is 7.96. The van der Waals surface area contributed by atoms with Crippen molar-refractivity contribution in [3.05, 3.63) is 52.9 Å². The van der Waals surface area contributed by atoms with Crippen LogP contribution in [0.3, 0.4) is 0 Å². The molecule has 2 saturated carbocycles. The lowest BCUT2D eigenvalue weighted by molar-refractivity contribution is -0.117. The van der Waals surface area contributed by atoms with Crippen LogP contribution in [0.2, 0.25) is 0 Å². The molecule has 29 heavy (non-hydrogen) atoms. The van der Waals surface area contributed by atoms with E-state index in [0.29, 0.717) is 30.4 Å². The number of alkyl halides is 1. The first-order chi connectivity index (χ1) is 13.9. The minimum atomic E-state index is -1.02. The van der Waals surface area contributed by atoms with Crippen LogP contribution in [0.15, 0.2) is 24.5 Å². The van der Waals surface area contributed by atoms with E-state index in [9.17, 15) is 18.4 Å². The van der Waals surface area contributed by atoms with Gasteiger partial charge in [0.15, 0.2) is 5.82 Å². The molecule has 6 nitrogen and oxygen atoms in total. The van der Waals surface area contributed by atoms with Gasteiger partial charge in [-0.2, -0.15) is 0 Å². The summed E-state index contributed by atoms with van der Waals surface area (Å²) in [6.07, 6.45) is 2.55. The van der Waals surface area contributed by atoms with Gasteiger partial charge in [-0.15, -0.1) is 0 Å². The van der Waals surface area contributed by atoms with Crippen molar-refractivity contribution in [1.29, 1.82) is 0 Å². The highest BCUT2D eigenvalue weighted by Gasteiger charge is 2.54. The molecule has 1 N–H and O–H groups in total. The molecule has 5 rings (SSSR count). The maximum atomic E-state index is 15.2. The van der Waals surface area contributed by atoms with Crippen LogP contribution in [-0.2, 0) is 10.2 Å². The predicted molar refractivity (Wildman–Crippen MR) is 96.1 cm³/mol. The summed E-state index contributed by atoms with van der Waals surface area (Å²) in [4.78, 5) is 33.9. The minimum absolute atomic E-state index is 0.0664. The Balaban J connectivity index is 1.38. The van der Waals surface area contributed by atoms with Gasteiger partial charge in [-0.1, -0.05) is 6.07 Å². The van der Waals surface area contributed by atoms with E-state index >= 15 is 4.39 Å². The van der Waals surface area contributed by atoms with Gasteiger partial charge in [0, 0.05) is 29.0 Å². The van der Waals surface area contributed by atoms with Gasteiger partial charge < -0.3 is 4.90 Å². The number of nitrogens with zero attached hydrogens (tertiary/aromatic N) is 3. The number of fused-ring (bicyclic) bond motifs is 2. The molecule has 0 saturated heterocycles. The van der Waals surface area contributed by atoms with Gasteiger partial charge in [-0.05, 0) is 30.9 Å². The Morgan fingerprint density at radius 1 is 1.24 bits per heavy atom. The summed E-state index contributed by atoms with van der Waals surface area (Å²) in [6, 6.07) is 3.04. The number of hydrogen-bond acceptors (Lipinski definition) is 4. The van der Waals surface area contributed by atoms with Crippen molar-refractivity contribution < 1.29 is 22.8 Å². The third-order valence-electron chi connectivity index (χ3n) is 5.88. The number of nitrogens with one attached hydrogen (secondary N) is 1. The van der Waals surface area contributed by atoms with Crippen molar-refractivity contribution in [2.24, 2.45) is 0 Å². The van der Waals surface area contributed by atoms with Gasteiger partial charge in [0.2, 0.25) is 11.9 Å². The van der Waals surface area contributed by atoms with E-state index in [4.69, 9.17) is 0 Å². The molecule has 2 atom stereocenters. The molecule has 2 aliphatic carbocycles. The van der Waals surface area contributed by atoms with Gasteiger partial charge in [-0.25, -0.2) is 23.1 Å². The molecule has 1 spiro atoms. The fraction of sp³-hybridized carbons (Fsp3) is 0.400. The summed E-state index contributed by atoms with van der Waals surface area (Å²) in [5.41, 5.74) is 0.431. The van der Waals surface area contributed by atoms with Gasteiger partial charge in [0.05, 0.1) is 12.4 Å². The zero-order valence-electron chi connectivity index (χ0n) is 15.3. The normalized spacial score (nSPS) is 23.7. The molecule has 1 aromatic heterocycles. The Morgan fingerprint density at radius 2 is 1.93 bits per heavy atom. The van der Waals surface area contributed by atoms with Crippen LogP contribution < -0.4 is 5.32 Å². The molecule has 9 heteroatoms. The largest absolute Gasteiger partial charge is 0.328 e. The second kappa shape index (κ2) is 6.27. The Bertz CT molecular complexity index is 1020. The molecule has 0 bridgehead atoms. The van der Waals surface area contributed by atoms with Crippen molar-refractivity contribution in [3.8, 4) is 0 Å².